The van der Waals surface area contributed by atoms with Gasteiger partial charge in [-0.25, -0.2) is 13.1 Å². The average molecular weight is 379 g/mol. The standard InChI is InChI=1S/C14H23BrN2O3S/c1-4-20-9-13(10(2)3)17-21(18,19)14-6-5-11(8-16)7-12(14)15/h5-7,10,13,17H,4,8-9,16H2,1-3H3. The van der Waals surface area contributed by atoms with E-state index in [-0.39, 0.29) is 16.9 Å². The Hall–Kier alpha value is -0.470. The Labute approximate surface area is 135 Å². The molecule has 0 aliphatic rings. The Morgan fingerprint density at radius 2 is 2.05 bits per heavy atom. The van der Waals surface area contributed by atoms with Crippen LogP contribution in [0, 0.1) is 5.92 Å². The van der Waals surface area contributed by atoms with Gasteiger partial charge in [-0.2, -0.15) is 0 Å². The zero-order chi connectivity index (χ0) is 16.0. The number of rotatable bonds is 8. The van der Waals surface area contributed by atoms with E-state index in [4.69, 9.17) is 10.5 Å². The fourth-order valence-corrected chi connectivity index (χ4v) is 4.25. The molecule has 0 aromatic heterocycles. The van der Waals surface area contributed by atoms with Crippen LogP contribution in [-0.2, 0) is 21.3 Å². The smallest absolute Gasteiger partial charge is 0.242 e. The molecule has 0 aliphatic carbocycles. The van der Waals surface area contributed by atoms with Gasteiger partial charge in [0.1, 0.15) is 0 Å². The maximum atomic E-state index is 12.5. The second-order valence-corrected chi connectivity index (χ2v) is 7.64. The minimum Gasteiger partial charge on any atom is -0.380 e. The van der Waals surface area contributed by atoms with Crippen molar-refractivity contribution in [1.29, 1.82) is 0 Å². The number of hydrogen-bond donors (Lipinski definition) is 2. The first-order valence-corrected chi connectivity index (χ1v) is 9.18. The molecule has 120 valence electrons. The average Bonchev–Trinajstić information content (AvgIpc) is 2.42. The molecule has 0 spiro atoms. The van der Waals surface area contributed by atoms with Crippen molar-refractivity contribution < 1.29 is 13.2 Å². The molecule has 1 rings (SSSR count). The van der Waals surface area contributed by atoms with Crippen LogP contribution in [0.25, 0.3) is 0 Å². The van der Waals surface area contributed by atoms with Gasteiger partial charge in [0.05, 0.1) is 11.5 Å². The summed E-state index contributed by atoms with van der Waals surface area (Å²) in [6.45, 7) is 7.07. The molecule has 21 heavy (non-hydrogen) atoms. The van der Waals surface area contributed by atoms with Crippen LogP contribution >= 0.6 is 15.9 Å². The van der Waals surface area contributed by atoms with Crippen molar-refractivity contribution in [2.24, 2.45) is 11.7 Å². The van der Waals surface area contributed by atoms with Crippen molar-refractivity contribution >= 4 is 26.0 Å². The van der Waals surface area contributed by atoms with E-state index in [0.717, 1.165) is 5.56 Å². The molecule has 1 atom stereocenters. The normalized spacial score (nSPS) is 13.6. The summed E-state index contributed by atoms with van der Waals surface area (Å²) < 4.78 is 33.6. The Bertz CT molecular complexity index is 561. The quantitative estimate of drug-likeness (QED) is 0.726. The molecule has 3 N–H and O–H groups in total. The topological polar surface area (TPSA) is 81.4 Å². The molecule has 0 fully saturated rings. The highest BCUT2D eigenvalue weighted by molar-refractivity contribution is 9.10. The zero-order valence-corrected chi connectivity index (χ0v) is 15.0. The summed E-state index contributed by atoms with van der Waals surface area (Å²) >= 11 is 3.30. The fourth-order valence-electron chi connectivity index (χ4n) is 1.76. The lowest BCUT2D eigenvalue weighted by atomic mass is 10.1. The SMILES string of the molecule is CCOCC(NS(=O)(=O)c1ccc(CN)cc1Br)C(C)C. The molecular formula is C14H23BrN2O3S. The van der Waals surface area contributed by atoms with E-state index >= 15 is 0 Å². The summed E-state index contributed by atoms with van der Waals surface area (Å²) in [5.41, 5.74) is 6.42. The van der Waals surface area contributed by atoms with Crippen LogP contribution < -0.4 is 10.5 Å². The van der Waals surface area contributed by atoms with E-state index in [1.807, 2.05) is 20.8 Å². The number of halogens is 1. The highest BCUT2D eigenvalue weighted by Crippen LogP contribution is 2.24. The van der Waals surface area contributed by atoms with E-state index in [2.05, 4.69) is 20.7 Å². The molecule has 0 heterocycles. The molecule has 1 aromatic rings. The van der Waals surface area contributed by atoms with Crippen LogP contribution in [0.4, 0.5) is 0 Å². The predicted octanol–water partition coefficient (Wildman–Crippen LogP) is 2.25. The van der Waals surface area contributed by atoms with Crippen molar-refractivity contribution in [3.05, 3.63) is 28.2 Å². The van der Waals surface area contributed by atoms with Crippen LogP contribution in [0.1, 0.15) is 26.3 Å². The molecule has 0 saturated heterocycles. The molecule has 1 aromatic carbocycles. The second-order valence-electron chi connectivity index (χ2n) is 5.10. The number of nitrogens with one attached hydrogen (secondary N) is 1. The van der Waals surface area contributed by atoms with Gasteiger partial charge in [0.2, 0.25) is 10.0 Å². The lowest BCUT2D eigenvalue weighted by Crippen LogP contribution is -2.41. The molecule has 7 heteroatoms. The van der Waals surface area contributed by atoms with E-state index < -0.39 is 10.0 Å². The van der Waals surface area contributed by atoms with Crippen LogP contribution in [-0.4, -0.2) is 27.7 Å². The van der Waals surface area contributed by atoms with Gasteiger partial charge < -0.3 is 10.5 Å². The van der Waals surface area contributed by atoms with Crippen molar-refractivity contribution in [2.45, 2.75) is 38.3 Å². The van der Waals surface area contributed by atoms with E-state index in [1.54, 1.807) is 18.2 Å². The minimum absolute atomic E-state index is 0.133. The maximum absolute atomic E-state index is 12.5. The molecule has 0 aliphatic heterocycles. The van der Waals surface area contributed by atoms with Crippen LogP contribution in [0.3, 0.4) is 0 Å². The van der Waals surface area contributed by atoms with Gasteiger partial charge in [0.15, 0.2) is 0 Å². The summed E-state index contributed by atoms with van der Waals surface area (Å²) in [7, 11) is -3.61. The van der Waals surface area contributed by atoms with Gasteiger partial charge in [-0.3, -0.25) is 0 Å². The number of ether oxygens (including phenoxy) is 1. The molecular weight excluding hydrogens is 356 g/mol. The van der Waals surface area contributed by atoms with E-state index in [9.17, 15) is 8.42 Å². The zero-order valence-electron chi connectivity index (χ0n) is 12.6. The second kappa shape index (κ2) is 8.24. The largest absolute Gasteiger partial charge is 0.380 e. The molecule has 1 unspecified atom stereocenters. The molecule has 0 amide bonds. The summed E-state index contributed by atoms with van der Waals surface area (Å²) in [6, 6.07) is 4.73. The minimum atomic E-state index is -3.61. The van der Waals surface area contributed by atoms with Crippen LogP contribution in [0.15, 0.2) is 27.6 Å². The van der Waals surface area contributed by atoms with Gasteiger partial charge in [0, 0.05) is 23.7 Å². The van der Waals surface area contributed by atoms with Crippen LogP contribution in [0.2, 0.25) is 0 Å². The van der Waals surface area contributed by atoms with Gasteiger partial charge in [-0.15, -0.1) is 0 Å². The molecule has 5 nitrogen and oxygen atoms in total. The number of nitrogens with two attached hydrogens (primary N) is 1. The van der Waals surface area contributed by atoms with E-state index in [1.165, 1.54) is 0 Å². The van der Waals surface area contributed by atoms with E-state index in [0.29, 0.717) is 24.2 Å². The summed E-state index contributed by atoms with van der Waals surface area (Å²) in [4.78, 5) is 0.210. The van der Waals surface area contributed by atoms with Gasteiger partial charge >= 0.3 is 0 Å². The first-order chi connectivity index (χ1) is 9.81. The molecule has 0 radical (unpaired) electrons. The first-order valence-electron chi connectivity index (χ1n) is 6.90. The van der Waals surface area contributed by atoms with Gasteiger partial charge in [-0.1, -0.05) is 19.9 Å². The fraction of sp³-hybridized carbons (Fsp3) is 0.571. The lowest BCUT2D eigenvalue weighted by Gasteiger charge is -2.22. The summed E-state index contributed by atoms with van der Waals surface area (Å²) in [6.07, 6.45) is 0. The Morgan fingerprint density at radius 3 is 2.52 bits per heavy atom. The lowest BCUT2D eigenvalue weighted by molar-refractivity contribution is 0.116. The van der Waals surface area contributed by atoms with Gasteiger partial charge in [0.25, 0.3) is 0 Å². The Balaban J connectivity index is 2.99. The molecule has 0 bridgehead atoms. The summed E-state index contributed by atoms with van der Waals surface area (Å²) in [5.74, 6) is 0.133. The van der Waals surface area contributed by atoms with Gasteiger partial charge in [-0.05, 0) is 46.5 Å². The van der Waals surface area contributed by atoms with Crippen molar-refractivity contribution in [3.8, 4) is 0 Å². The number of hydrogen-bond acceptors (Lipinski definition) is 4. The third-order valence-electron chi connectivity index (χ3n) is 3.13. The summed E-state index contributed by atoms with van der Waals surface area (Å²) in [5, 5.41) is 0. The highest BCUT2D eigenvalue weighted by atomic mass is 79.9. The van der Waals surface area contributed by atoms with Crippen molar-refractivity contribution in [3.63, 3.8) is 0 Å². The number of benzene rings is 1. The third kappa shape index (κ3) is 5.34. The highest BCUT2D eigenvalue weighted by Gasteiger charge is 2.24. The number of sulfonamides is 1. The Kier molecular flexibility index (Phi) is 7.29. The molecule has 0 saturated carbocycles. The van der Waals surface area contributed by atoms with Crippen LogP contribution in [0.5, 0.6) is 0 Å². The maximum Gasteiger partial charge on any atom is 0.242 e. The third-order valence-corrected chi connectivity index (χ3v) is 5.60. The first kappa shape index (κ1) is 18.6. The Morgan fingerprint density at radius 1 is 1.38 bits per heavy atom. The monoisotopic (exact) mass is 378 g/mol. The predicted molar refractivity (Wildman–Crippen MR) is 87.5 cm³/mol. The van der Waals surface area contributed by atoms with Crippen molar-refractivity contribution in [1.82, 2.24) is 4.72 Å². The van der Waals surface area contributed by atoms with Crippen molar-refractivity contribution in [2.75, 3.05) is 13.2 Å².